The van der Waals surface area contributed by atoms with E-state index in [1.807, 2.05) is 0 Å². The second-order valence-electron chi connectivity index (χ2n) is 34.3. The van der Waals surface area contributed by atoms with Crippen LogP contribution in [0.4, 0.5) is 29.4 Å². The molecule has 20 N–H and O–H groups in total. The Hall–Kier alpha value is -6.57. The van der Waals surface area contributed by atoms with Crippen LogP contribution >= 0.6 is 59.4 Å². The van der Waals surface area contributed by atoms with E-state index in [4.69, 9.17) is 196 Å². The van der Waals surface area contributed by atoms with Gasteiger partial charge in [-0.15, -0.1) is 0 Å². The Balaban J connectivity index is 0.576. The molecular weight excluding hydrogens is 2200 g/mol. The summed E-state index contributed by atoms with van der Waals surface area (Å²) in [6.45, 7) is -27.4. The van der Waals surface area contributed by atoms with Crippen molar-refractivity contribution in [3.8, 4) is 0 Å². The van der Waals surface area contributed by atoms with E-state index in [-0.39, 0.29) is 133 Å². The molecule has 7 fully saturated rings. The molecule has 0 aliphatic carbocycles. The highest BCUT2D eigenvalue weighted by atomic mass is 32.7. The van der Waals surface area contributed by atoms with Gasteiger partial charge in [0.2, 0.25) is 23.7 Å². The SMILES string of the molecule is CC[C@H]1O[C@@H](n2cc(C)c(N)nc2=O)C[C@H]1OP(O)(=S)OC[C@H]1O[C@@H](n2cc(C)c(N)nc2=O)C[C@H]1OP(=O)(S)OC[C@H]1O[C@@H](n2cnc3c(N)ncnc32)C[C@H]1OP(O)(=S)OC[C@H]1O[C@@H](N2C=C(C)C(=O)NC2)C[C@H]1OP(O)(=S)OC[C@H]1O[C@@H](n2cnc3c(=O)[nH]c(N)nc32)C[C@H]1OP(O)(=S)OC[C@H]1O[C@@H](N2C=C(C)C(=O)NC2)C[C@H]1OP(O)(=S)OC[C@H]1O[C@@H](n2cnc3c(=O)[nH]c(N)nc32)C[C@H]1OP(O)(=S)OC. The molecular formula is C72H100N25O34P7S7. The monoisotopic (exact) mass is 2300 g/mol. The van der Waals surface area contributed by atoms with E-state index in [1.54, 1.807) is 44.4 Å². The molecule has 0 spiro atoms. The average Bonchev–Trinajstić information content (AvgIpc) is 1.63. The lowest BCUT2D eigenvalue weighted by Gasteiger charge is -2.31. The molecule has 2 amide bonds. The molecule has 9 aliphatic rings. The van der Waals surface area contributed by atoms with Crippen molar-refractivity contribution in [3.63, 3.8) is 0 Å². The summed E-state index contributed by atoms with van der Waals surface area (Å²) in [7, 11) is 1.14. The lowest BCUT2D eigenvalue weighted by atomic mass is 10.1. The molecule has 794 valence electrons. The number of hydrogen-bond donors (Lipinski definition) is 16. The van der Waals surface area contributed by atoms with Gasteiger partial charge in [-0.25, -0.2) is 39.1 Å². The molecule has 0 radical (unpaired) electrons. The largest absolute Gasteiger partial charge is 0.386 e. The van der Waals surface area contributed by atoms with Gasteiger partial charge in [0.1, 0.15) is 110 Å². The van der Waals surface area contributed by atoms with Crippen molar-refractivity contribution in [1.29, 1.82) is 0 Å². The van der Waals surface area contributed by atoms with E-state index in [0.29, 0.717) is 23.1 Å². The molecule has 0 bridgehead atoms. The summed E-state index contributed by atoms with van der Waals surface area (Å²) in [6, 6.07) is 0. The second-order valence-corrected chi connectivity index (χ2v) is 54.0. The summed E-state index contributed by atoms with van der Waals surface area (Å²) >= 11 is 38.0. The van der Waals surface area contributed by atoms with Gasteiger partial charge in [0.15, 0.2) is 33.8 Å². The Morgan fingerprint density at radius 2 is 0.703 bits per heavy atom. The van der Waals surface area contributed by atoms with Crippen LogP contribution in [0, 0.1) is 13.8 Å². The number of amides is 2. The number of aromatic amines is 2. The number of carbonyl (C=O) groups is 2. The van der Waals surface area contributed by atoms with Crippen LogP contribution in [-0.2, 0) is 181 Å². The summed E-state index contributed by atoms with van der Waals surface area (Å²) in [5.74, 6) is -1.31. The Morgan fingerprint density at radius 1 is 0.400 bits per heavy atom. The standard InChI is InChI=1S/C72H100N25O34P7S7/c1-7-35-36(10-51(118-35)93-17-31(2)59(73)85-71(93)102)126-133(105,140)114-22-46-40(11-52(121-46)94-18-32(3)60(74)86-72(94)103)129-138(110,145)117-23-47-41(13-53(122-47)95-28-80-56-61(75)78-25-79-62(56)95)130-136(108,143)112-19-43-38(9-50(119-43)92-16-34(5)66(99)84-27-92)128-135(107,142)116-24-48-42(14-55(124-48)97-30-82-58-64(97)88-70(77)90-68(58)101)131-137(109,144)113-20-44-37(8-49(120-44)91-15-33(4)65(98)83-26-91)127-134(106,141)115-21-45-39(125-132(104,139)111-6)12-54(123-45)96-29-81-57-63(96)87-69(76)89-67(57)100/h15-18,25,28-30,35-55H,7-14,19-24,26-27H2,1-6H3,(H,83,98)(H,84,99)(H,104,139)(H,105,140)(H,106,141)(H,107,142)(H,108,143)(H,109,144)(H,110,145)(H2,73,85,102)(H2,74,86,103)(H2,75,78,79)(H3,76,87,89,100)(H3,77,88,90,101)/t35-,36-,37-,38-,39-,40-,41-,42-,43-,44-,45-,46-,47-,48-,49-,50-,51-,52-,53-,54-,55-,132?,133?,134?,135?,136?,137?,138?/m1/s1. The van der Waals surface area contributed by atoms with Gasteiger partial charge in [0, 0.05) is 99.1 Å². The molecule has 9 aliphatic heterocycles. The first-order valence-corrected chi connectivity index (χ1v) is 62.3. The minimum Gasteiger partial charge on any atom is -0.383 e. The molecule has 28 atom stereocenters. The summed E-state index contributed by atoms with van der Waals surface area (Å²) in [4.78, 5) is 195. The van der Waals surface area contributed by atoms with Gasteiger partial charge in [-0.05, 0) is 105 Å². The fourth-order valence-electron chi connectivity index (χ4n) is 17.3. The van der Waals surface area contributed by atoms with Crippen molar-refractivity contribution in [2.75, 3.05) is 88.8 Å². The summed E-state index contributed by atoms with van der Waals surface area (Å²) < 4.78 is 151. The molecule has 73 heteroatoms. The third-order valence-electron chi connectivity index (χ3n) is 24.4. The molecule has 59 nitrogen and oxygen atoms in total. The first kappa shape index (κ1) is 110. The lowest BCUT2D eigenvalue weighted by Crippen LogP contribution is -2.45. The highest BCUT2D eigenvalue weighted by Crippen LogP contribution is 2.61. The van der Waals surface area contributed by atoms with Crippen LogP contribution < -0.4 is 61.8 Å². The molecule has 8 aromatic rings. The Kier molecular flexibility index (Phi) is 33.5. The third-order valence-corrected chi connectivity index (χ3v) is 35.7. The normalized spacial score (nSPS) is 30.8. The first-order valence-electron chi connectivity index (χ1n) is 44.0. The Bertz CT molecular complexity index is 6960. The number of aromatic nitrogens is 16. The van der Waals surface area contributed by atoms with Gasteiger partial charge in [0.05, 0.1) is 115 Å². The number of ether oxygens (including phenoxy) is 7. The van der Waals surface area contributed by atoms with Gasteiger partial charge in [-0.2, -0.15) is 19.9 Å². The van der Waals surface area contributed by atoms with Crippen LogP contribution in [0.25, 0.3) is 33.5 Å². The fraction of sp³-hybridized carbons (Fsp3) is 0.597. The number of nitrogens with two attached hydrogens (primary N) is 5. The van der Waals surface area contributed by atoms with E-state index in [2.05, 4.69) is 77.7 Å². The first-order chi connectivity index (χ1) is 68.4. The van der Waals surface area contributed by atoms with E-state index in [9.17, 15) is 62.7 Å². The van der Waals surface area contributed by atoms with Gasteiger partial charge in [0.25, 0.3) is 11.1 Å². The van der Waals surface area contributed by atoms with Crippen LogP contribution in [-0.4, -0.2) is 287 Å². The molecule has 7 unspecified atom stereocenters. The number of H-pyrrole nitrogens is 2. The second kappa shape index (κ2) is 44.3. The zero-order valence-electron chi connectivity index (χ0n) is 76.7. The van der Waals surface area contributed by atoms with Crippen LogP contribution in [0.5, 0.6) is 0 Å². The minimum absolute atomic E-state index is 0.00944. The maximum absolute atomic E-state index is 14.9. The lowest BCUT2D eigenvalue weighted by molar-refractivity contribution is -0.121. The summed E-state index contributed by atoms with van der Waals surface area (Å²) in [5, 5.41) is 5.48. The van der Waals surface area contributed by atoms with Crippen LogP contribution in [0.3, 0.4) is 0 Å². The number of rotatable bonds is 41. The molecule has 7 saturated heterocycles. The van der Waals surface area contributed by atoms with Crippen molar-refractivity contribution < 1.29 is 140 Å². The fourth-order valence-corrected chi connectivity index (χ4v) is 27.2. The number of nitrogen functional groups attached to an aromatic ring is 5. The molecule has 0 aromatic carbocycles. The number of thiol groups is 1. The Labute approximate surface area is 855 Å². The number of aryl methyl sites for hydroxylation is 2. The summed E-state index contributed by atoms with van der Waals surface area (Å²) in [5.41, 5.74) is 28.7. The summed E-state index contributed by atoms with van der Waals surface area (Å²) in [6.07, 6.45) is -14.7. The molecule has 17 rings (SSSR count). The molecule has 145 heavy (non-hydrogen) atoms. The van der Waals surface area contributed by atoms with Crippen LogP contribution in [0.1, 0.15) is 114 Å². The topological polar surface area (TPSA) is 768 Å². The average molecular weight is 2300 g/mol. The quantitative estimate of drug-likeness (QED) is 0.0191. The zero-order chi connectivity index (χ0) is 104. The Morgan fingerprint density at radius 3 is 1.06 bits per heavy atom. The van der Waals surface area contributed by atoms with Gasteiger partial charge < -0.3 is 166 Å². The number of nitrogens with zero attached hydrogens (tertiary/aromatic N) is 16. The van der Waals surface area contributed by atoms with E-state index >= 15 is 0 Å². The predicted molar refractivity (Wildman–Crippen MR) is 529 cm³/mol. The van der Waals surface area contributed by atoms with E-state index in [0.717, 1.165) is 11.7 Å². The number of nitrogens with one attached hydrogen (secondary N) is 4. The molecule has 17 heterocycles. The van der Waals surface area contributed by atoms with Crippen molar-refractivity contribution >= 4 is 205 Å². The number of anilines is 5. The van der Waals surface area contributed by atoms with Crippen molar-refractivity contribution in [2.24, 2.45) is 0 Å². The highest BCUT2D eigenvalue weighted by Gasteiger charge is 2.53. The van der Waals surface area contributed by atoms with Gasteiger partial charge >= 0.3 is 58.5 Å². The number of hydrogen-bond acceptors (Lipinski definition) is 50. The van der Waals surface area contributed by atoms with Crippen LogP contribution in [0.2, 0.25) is 0 Å². The minimum atomic E-state index is -4.73. The maximum atomic E-state index is 14.9. The zero-order valence-corrected chi connectivity index (χ0v) is 88.8. The smallest absolute Gasteiger partial charge is 0.383 e. The highest BCUT2D eigenvalue weighted by molar-refractivity contribution is 8.44. The predicted octanol–water partition coefficient (Wildman–Crippen LogP) is 1.58. The third kappa shape index (κ3) is 25.8. The van der Waals surface area contributed by atoms with Crippen molar-refractivity contribution in [3.05, 3.63) is 114 Å². The van der Waals surface area contributed by atoms with Crippen molar-refractivity contribution in [2.45, 2.75) is 215 Å². The number of fused-ring (bicyclic) bond motifs is 3. The van der Waals surface area contributed by atoms with Gasteiger partial charge in [-0.3, -0.25) is 61.0 Å². The number of carbonyl (C=O) groups excluding carboxylic acids is 2. The van der Waals surface area contributed by atoms with Crippen LogP contribution in [0.15, 0.2) is 80.4 Å². The van der Waals surface area contributed by atoms with E-state index < -0.39 is 244 Å². The van der Waals surface area contributed by atoms with Gasteiger partial charge in [-0.1, -0.05) is 19.2 Å². The maximum Gasteiger partial charge on any atom is 0.386 e. The molecule has 8 aromatic heterocycles. The number of imidazole rings is 3. The molecule has 0 saturated carbocycles. The van der Waals surface area contributed by atoms with Crippen molar-refractivity contribution in [1.82, 2.24) is 98.1 Å². The van der Waals surface area contributed by atoms with E-state index in [1.165, 1.54) is 68.4 Å².